The van der Waals surface area contributed by atoms with Gasteiger partial charge in [0.15, 0.2) is 4.32 Å². The molecule has 0 saturated carbocycles. The van der Waals surface area contributed by atoms with E-state index < -0.39 is 4.92 Å². The fourth-order valence-electron chi connectivity index (χ4n) is 2.30. The predicted molar refractivity (Wildman–Crippen MR) is 99.9 cm³/mol. The molecule has 7 heteroatoms. The molecule has 1 amide bonds. The highest BCUT2D eigenvalue weighted by Gasteiger charge is 2.33. The van der Waals surface area contributed by atoms with Crippen LogP contribution in [-0.4, -0.2) is 15.2 Å². The lowest BCUT2D eigenvalue weighted by atomic mass is 10.2. The summed E-state index contributed by atoms with van der Waals surface area (Å²) in [6, 6.07) is 13.6. The SMILES string of the molecule is Cc1cccc(N2C(=O)C(=Cc3ccc([N+](=O)[O-])cc3)SC2=S)c1. The largest absolute Gasteiger partial charge is 0.270 e. The number of non-ortho nitro benzene ring substituents is 1. The highest BCUT2D eigenvalue weighted by atomic mass is 32.2. The number of aryl methyl sites for hydroxylation is 1. The van der Waals surface area contributed by atoms with Crippen LogP contribution in [0.3, 0.4) is 0 Å². The summed E-state index contributed by atoms with van der Waals surface area (Å²) in [7, 11) is 0. The van der Waals surface area contributed by atoms with Crippen molar-refractivity contribution >= 4 is 51.7 Å². The first-order valence-electron chi connectivity index (χ1n) is 7.05. The highest BCUT2D eigenvalue weighted by molar-refractivity contribution is 8.27. The van der Waals surface area contributed by atoms with Crippen LogP contribution in [0.25, 0.3) is 6.08 Å². The summed E-state index contributed by atoms with van der Waals surface area (Å²) in [4.78, 5) is 24.9. The minimum absolute atomic E-state index is 0.0134. The van der Waals surface area contributed by atoms with Gasteiger partial charge in [0.05, 0.1) is 15.5 Å². The molecule has 3 rings (SSSR count). The fraction of sp³-hybridized carbons (Fsp3) is 0.0588. The van der Waals surface area contributed by atoms with E-state index in [1.807, 2.05) is 31.2 Å². The second kappa shape index (κ2) is 6.54. The molecular formula is C17H12N2O3S2. The molecule has 0 unspecified atom stereocenters. The molecule has 0 bridgehead atoms. The lowest BCUT2D eigenvalue weighted by molar-refractivity contribution is -0.384. The number of hydrogen-bond acceptors (Lipinski definition) is 5. The van der Waals surface area contributed by atoms with E-state index in [0.717, 1.165) is 11.3 Å². The van der Waals surface area contributed by atoms with Crippen molar-refractivity contribution in [2.75, 3.05) is 4.90 Å². The molecule has 1 fully saturated rings. The number of hydrogen-bond donors (Lipinski definition) is 0. The molecule has 24 heavy (non-hydrogen) atoms. The number of thioether (sulfide) groups is 1. The molecule has 0 atom stereocenters. The Bertz CT molecular complexity index is 876. The molecule has 5 nitrogen and oxygen atoms in total. The molecule has 1 heterocycles. The summed E-state index contributed by atoms with van der Waals surface area (Å²) in [6.45, 7) is 1.95. The number of rotatable bonds is 3. The third kappa shape index (κ3) is 3.22. The molecule has 0 radical (unpaired) electrons. The molecule has 0 aromatic heterocycles. The molecule has 2 aromatic rings. The van der Waals surface area contributed by atoms with Crippen LogP contribution in [0.15, 0.2) is 53.4 Å². The van der Waals surface area contributed by atoms with Gasteiger partial charge < -0.3 is 0 Å². The Kier molecular flexibility index (Phi) is 4.46. The molecule has 120 valence electrons. The van der Waals surface area contributed by atoms with E-state index in [0.29, 0.717) is 14.8 Å². The molecule has 1 aliphatic heterocycles. The topological polar surface area (TPSA) is 63.5 Å². The standard InChI is InChI=1S/C17H12N2O3S2/c1-11-3-2-4-14(9-11)18-16(20)15(24-17(18)23)10-12-5-7-13(8-6-12)19(21)22/h2-10H,1H3. The van der Waals surface area contributed by atoms with E-state index >= 15 is 0 Å². The Morgan fingerprint density at radius 2 is 1.92 bits per heavy atom. The number of thiocarbonyl (C=S) groups is 1. The maximum atomic E-state index is 12.6. The van der Waals surface area contributed by atoms with E-state index in [2.05, 4.69) is 0 Å². The van der Waals surface area contributed by atoms with Gasteiger partial charge in [0, 0.05) is 12.1 Å². The lowest BCUT2D eigenvalue weighted by Gasteiger charge is -2.14. The van der Waals surface area contributed by atoms with Gasteiger partial charge in [-0.3, -0.25) is 19.8 Å². The third-order valence-electron chi connectivity index (χ3n) is 3.46. The van der Waals surface area contributed by atoms with Crippen LogP contribution in [0.5, 0.6) is 0 Å². The normalized spacial score (nSPS) is 16.0. The van der Waals surface area contributed by atoms with Crippen LogP contribution >= 0.6 is 24.0 Å². The van der Waals surface area contributed by atoms with Crippen LogP contribution in [0.2, 0.25) is 0 Å². The number of nitrogens with zero attached hydrogens (tertiary/aromatic N) is 2. The van der Waals surface area contributed by atoms with Crippen LogP contribution in [-0.2, 0) is 4.79 Å². The van der Waals surface area contributed by atoms with Gasteiger partial charge in [-0.25, -0.2) is 0 Å². The Morgan fingerprint density at radius 3 is 2.54 bits per heavy atom. The summed E-state index contributed by atoms with van der Waals surface area (Å²) in [5.41, 5.74) is 2.51. The Labute approximate surface area is 148 Å². The molecule has 0 aliphatic carbocycles. The smallest absolute Gasteiger partial charge is 0.268 e. The second-order valence-electron chi connectivity index (χ2n) is 5.20. The van der Waals surface area contributed by atoms with E-state index in [1.165, 1.54) is 28.8 Å². The van der Waals surface area contributed by atoms with Gasteiger partial charge in [0.2, 0.25) is 0 Å². The van der Waals surface area contributed by atoms with Crippen molar-refractivity contribution in [3.63, 3.8) is 0 Å². The van der Waals surface area contributed by atoms with Crippen molar-refractivity contribution < 1.29 is 9.72 Å². The minimum Gasteiger partial charge on any atom is -0.268 e. The molecule has 2 aromatic carbocycles. The number of amides is 1. The monoisotopic (exact) mass is 356 g/mol. The number of benzene rings is 2. The molecule has 0 N–H and O–H groups in total. The van der Waals surface area contributed by atoms with E-state index in [1.54, 1.807) is 18.2 Å². The Hall–Kier alpha value is -2.51. The summed E-state index contributed by atoms with van der Waals surface area (Å²) < 4.78 is 0.471. The quantitative estimate of drug-likeness (QED) is 0.355. The van der Waals surface area contributed by atoms with Gasteiger partial charge in [0.25, 0.3) is 11.6 Å². The number of anilines is 1. The number of carbonyl (C=O) groups is 1. The second-order valence-corrected chi connectivity index (χ2v) is 6.88. The van der Waals surface area contributed by atoms with E-state index in [-0.39, 0.29) is 11.6 Å². The van der Waals surface area contributed by atoms with Gasteiger partial charge in [-0.05, 0) is 48.4 Å². The summed E-state index contributed by atoms with van der Waals surface area (Å²) in [5, 5.41) is 10.7. The maximum absolute atomic E-state index is 12.6. The van der Waals surface area contributed by atoms with Crippen LogP contribution < -0.4 is 4.90 Å². The first-order chi connectivity index (χ1) is 11.5. The minimum atomic E-state index is -0.457. The molecule has 1 saturated heterocycles. The van der Waals surface area contributed by atoms with Crippen LogP contribution in [0.4, 0.5) is 11.4 Å². The maximum Gasteiger partial charge on any atom is 0.270 e. The van der Waals surface area contributed by atoms with Gasteiger partial charge >= 0.3 is 0 Å². The van der Waals surface area contributed by atoms with Crippen LogP contribution in [0.1, 0.15) is 11.1 Å². The average Bonchev–Trinajstić information content (AvgIpc) is 2.82. The van der Waals surface area contributed by atoms with Crippen molar-refractivity contribution in [3.05, 3.63) is 74.7 Å². The van der Waals surface area contributed by atoms with Gasteiger partial charge in [0.1, 0.15) is 0 Å². The first kappa shape index (κ1) is 16.4. The van der Waals surface area contributed by atoms with Crippen molar-refractivity contribution in [1.82, 2.24) is 0 Å². The van der Waals surface area contributed by atoms with Crippen molar-refractivity contribution in [1.29, 1.82) is 0 Å². The van der Waals surface area contributed by atoms with Crippen molar-refractivity contribution in [3.8, 4) is 0 Å². The Balaban J connectivity index is 1.89. The van der Waals surface area contributed by atoms with Gasteiger partial charge in [-0.2, -0.15) is 0 Å². The van der Waals surface area contributed by atoms with E-state index in [4.69, 9.17) is 12.2 Å². The number of nitro benzene ring substituents is 1. The number of carbonyl (C=O) groups excluding carboxylic acids is 1. The van der Waals surface area contributed by atoms with Gasteiger partial charge in [-0.1, -0.05) is 36.1 Å². The third-order valence-corrected chi connectivity index (χ3v) is 4.76. The predicted octanol–water partition coefficient (Wildman–Crippen LogP) is 4.31. The highest BCUT2D eigenvalue weighted by Crippen LogP contribution is 2.36. The summed E-state index contributed by atoms with van der Waals surface area (Å²) in [6.07, 6.45) is 1.69. The number of nitro groups is 1. The summed E-state index contributed by atoms with van der Waals surface area (Å²) in [5.74, 6) is -0.186. The Morgan fingerprint density at radius 1 is 1.21 bits per heavy atom. The molecule has 1 aliphatic rings. The zero-order valence-corrected chi connectivity index (χ0v) is 14.3. The van der Waals surface area contributed by atoms with E-state index in [9.17, 15) is 14.9 Å². The first-order valence-corrected chi connectivity index (χ1v) is 8.27. The lowest BCUT2D eigenvalue weighted by Crippen LogP contribution is -2.27. The van der Waals surface area contributed by atoms with Gasteiger partial charge in [-0.15, -0.1) is 0 Å². The zero-order chi connectivity index (χ0) is 17.3. The fourth-order valence-corrected chi connectivity index (χ4v) is 3.60. The summed E-state index contributed by atoms with van der Waals surface area (Å²) >= 11 is 6.55. The van der Waals surface area contributed by atoms with Crippen molar-refractivity contribution in [2.45, 2.75) is 6.92 Å². The molecular weight excluding hydrogens is 344 g/mol. The van der Waals surface area contributed by atoms with Crippen LogP contribution in [0, 0.1) is 17.0 Å². The van der Waals surface area contributed by atoms with Crippen molar-refractivity contribution in [2.24, 2.45) is 0 Å². The average molecular weight is 356 g/mol. The molecule has 0 spiro atoms. The zero-order valence-electron chi connectivity index (χ0n) is 12.6.